The molecule has 4 N–H and O–H groups in total. The first-order valence-electron chi connectivity index (χ1n) is 7.82. The van der Waals surface area contributed by atoms with Crippen molar-refractivity contribution in [1.82, 2.24) is 15.2 Å². The number of nitrogens with zero attached hydrogens (tertiary/aromatic N) is 2. The number of benzene rings is 1. The average Bonchev–Trinajstić information content (AvgIpc) is 3.04. The molecule has 0 aliphatic rings. The van der Waals surface area contributed by atoms with Crippen LogP contribution >= 0.6 is 12.4 Å². The minimum absolute atomic E-state index is 0. The van der Waals surface area contributed by atoms with Crippen LogP contribution in [0.4, 0.5) is 5.69 Å². The SMILES string of the molecule is CCCCCOCC(=O)Nc1ccc(-c2n[nH]c(CN)n2)cc1.Cl. The molecule has 2 aromatic rings. The maximum atomic E-state index is 11.8. The molecular weight excluding hydrogens is 330 g/mol. The maximum Gasteiger partial charge on any atom is 0.250 e. The van der Waals surface area contributed by atoms with Crippen molar-refractivity contribution in [3.8, 4) is 11.4 Å². The van der Waals surface area contributed by atoms with Gasteiger partial charge in [0.15, 0.2) is 5.82 Å². The summed E-state index contributed by atoms with van der Waals surface area (Å²) < 4.78 is 5.33. The minimum atomic E-state index is -0.155. The number of ether oxygens (including phenoxy) is 1. The molecule has 2 rings (SSSR count). The van der Waals surface area contributed by atoms with Crippen LogP contribution in [0.15, 0.2) is 24.3 Å². The largest absolute Gasteiger partial charge is 0.372 e. The lowest BCUT2D eigenvalue weighted by molar-refractivity contribution is -0.120. The van der Waals surface area contributed by atoms with Crippen molar-refractivity contribution in [2.75, 3.05) is 18.5 Å². The summed E-state index contributed by atoms with van der Waals surface area (Å²) in [5, 5.41) is 9.65. The fraction of sp³-hybridized carbons (Fsp3) is 0.438. The summed E-state index contributed by atoms with van der Waals surface area (Å²) in [7, 11) is 0. The quantitative estimate of drug-likeness (QED) is 0.600. The van der Waals surface area contributed by atoms with E-state index in [1.807, 2.05) is 24.3 Å². The van der Waals surface area contributed by atoms with Crippen LogP contribution in [-0.2, 0) is 16.1 Å². The Morgan fingerprint density at radius 2 is 2.04 bits per heavy atom. The maximum absolute atomic E-state index is 11.8. The zero-order valence-corrected chi connectivity index (χ0v) is 14.6. The second kappa shape index (κ2) is 10.7. The highest BCUT2D eigenvalue weighted by atomic mass is 35.5. The van der Waals surface area contributed by atoms with Crippen molar-refractivity contribution in [3.05, 3.63) is 30.1 Å². The summed E-state index contributed by atoms with van der Waals surface area (Å²) >= 11 is 0. The van der Waals surface area contributed by atoms with E-state index in [1.165, 1.54) is 0 Å². The number of aromatic amines is 1. The smallest absolute Gasteiger partial charge is 0.250 e. The third kappa shape index (κ3) is 6.27. The lowest BCUT2D eigenvalue weighted by atomic mass is 10.2. The molecule has 7 nitrogen and oxygen atoms in total. The predicted molar refractivity (Wildman–Crippen MR) is 95.9 cm³/mol. The molecule has 132 valence electrons. The number of nitrogens with two attached hydrogens (primary N) is 1. The van der Waals surface area contributed by atoms with Gasteiger partial charge in [-0.1, -0.05) is 19.8 Å². The van der Waals surface area contributed by atoms with Gasteiger partial charge in [0.2, 0.25) is 5.91 Å². The van der Waals surface area contributed by atoms with Crippen molar-refractivity contribution in [3.63, 3.8) is 0 Å². The van der Waals surface area contributed by atoms with Gasteiger partial charge in [-0.3, -0.25) is 9.89 Å². The number of carbonyl (C=O) groups excluding carboxylic acids is 1. The molecule has 0 unspecified atom stereocenters. The van der Waals surface area contributed by atoms with Crippen molar-refractivity contribution in [1.29, 1.82) is 0 Å². The number of nitrogens with one attached hydrogen (secondary N) is 2. The van der Waals surface area contributed by atoms with E-state index >= 15 is 0 Å². The Kier molecular flexibility index (Phi) is 8.99. The van der Waals surface area contributed by atoms with Gasteiger partial charge in [-0.25, -0.2) is 4.98 Å². The number of unbranched alkanes of at least 4 members (excludes halogenated alkanes) is 2. The molecule has 1 heterocycles. The lowest BCUT2D eigenvalue weighted by Crippen LogP contribution is -2.18. The fourth-order valence-corrected chi connectivity index (χ4v) is 2.03. The van der Waals surface area contributed by atoms with Gasteiger partial charge >= 0.3 is 0 Å². The Hall–Kier alpha value is -1.96. The van der Waals surface area contributed by atoms with Gasteiger partial charge in [-0.05, 0) is 30.7 Å². The number of carbonyl (C=O) groups is 1. The molecule has 1 aromatic heterocycles. The van der Waals surface area contributed by atoms with E-state index in [0.717, 1.165) is 24.8 Å². The van der Waals surface area contributed by atoms with Crippen LogP contribution < -0.4 is 11.1 Å². The van der Waals surface area contributed by atoms with E-state index in [4.69, 9.17) is 10.5 Å². The number of H-pyrrole nitrogens is 1. The minimum Gasteiger partial charge on any atom is -0.372 e. The van der Waals surface area contributed by atoms with Gasteiger partial charge < -0.3 is 15.8 Å². The van der Waals surface area contributed by atoms with Gasteiger partial charge in [0, 0.05) is 17.9 Å². The molecule has 0 fully saturated rings. The Morgan fingerprint density at radius 1 is 1.29 bits per heavy atom. The van der Waals surface area contributed by atoms with Crippen LogP contribution in [0.3, 0.4) is 0 Å². The monoisotopic (exact) mass is 353 g/mol. The number of hydrogen-bond acceptors (Lipinski definition) is 5. The van der Waals surface area contributed by atoms with E-state index in [2.05, 4.69) is 27.4 Å². The fourth-order valence-electron chi connectivity index (χ4n) is 2.03. The van der Waals surface area contributed by atoms with Crippen molar-refractivity contribution >= 4 is 24.0 Å². The second-order valence-corrected chi connectivity index (χ2v) is 5.20. The van der Waals surface area contributed by atoms with Crippen molar-refractivity contribution in [2.45, 2.75) is 32.7 Å². The van der Waals surface area contributed by atoms with Gasteiger partial charge in [0.25, 0.3) is 0 Å². The van der Waals surface area contributed by atoms with Gasteiger partial charge in [0.05, 0.1) is 6.54 Å². The Morgan fingerprint density at radius 3 is 2.67 bits per heavy atom. The first-order chi connectivity index (χ1) is 11.2. The van der Waals surface area contributed by atoms with Crippen LogP contribution in [0, 0.1) is 0 Å². The van der Waals surface area contributed by atoms with Crippen LogP contribution in [0.1, 0.15) is 32.0 Å². The van der Waals surface area contributed by atoms with Gasteiger partial charge in [-0.2, -0.15) is 5.10 Å². The van der Waals surface area contributed by atoms with Crippen LogP contribution in [-0.4, -0.2) is 34.3 Å². The molecule has 0 radical (unpaired) electrons. The molecule has 1 aromatic carbocycles. The van der Waals surface area contributed by atoms with Crippen LogP contribution in [0.5, 0.6) is 0 Å². The van der Waals surface area contributed by atoms with E-state index in [0.29, 0.717) is 30.5 Å². The highest BCUT2D eigenvalue weighted by Gasteiger charge is 2.06. The van der Waals surface area contributed by atoms with Crippen molar-refractivity contribution < 1.29 is 9.53 Å². The summed E-state index contributed by atoms with van der Waals surface area (Å²) in [5.74, 6) is 1.07. The molecule has 0 bridgehead atoms. The normalized spacial score (nSPS) is 10.2. The molecule has 0 atom stereocenters. The topological polar surface area (TPSA) is 106 Å². The number of aromatic nitrogens is 3. The summed E-state index contributed by atoms with van der Waals surface area (Å²) in [6, 6.07) is 7.31. The third-order valence-corrected chi connectivity index (χ3v) is 3.28. The Bertz CT molecular complexity index is 615. The molecule has 0 spiro atoms. The zero-order chi connectivity index (χ0) is 16.5. The van der Waals surface area contributed by atoms with E-state index in [1.54, 1.807) is 0 Å². The second-order valence-electron chi connectivity index (χ2n) is 5.20. The third-order valence-electron chi connectivity index (χ3n) is 3.28. The number of anilines is 1. The van der Waals surface area contributed by atoms with Gasteiger partial charge in [0.1, 0.15) is 12.4 Å². The molecule has 0 saturated carbocycles. The lowest BCUT2D eigenvalue weighted by Gasteiger charge is -2.06. The first kappa shape index (κ1) is 20.1. The summed E-state index contributed by atoms with van der Waals surface area (Å²) in [6.07, 6.45) is 3.25. The number of halogens is 1. The Labute approximate surface area is 147 Å². The number of rotatable bonds is 9. The highest BCUT2D eigenvalue weighted by molar-refractivity contribution is 5.91. The standard InChI is InChI=1S/C16H23N5O2.ClH/c1-2-3-4-9-23-11-15(22)18-13-7-5-12(6-8-13)16-19-14(10-17)20-21-16;/h5-8H,2-4,9-11,17H2,1H3,(H,18,22)(H,19,20,21);1H. The number of amides is 1. The first-order valence-corrected chi connectivity index (χ1v) is 7.82. The Balaban J connectivity index is 0.00000288. The van der Waals surface area contributed by atoms with E-state index < -0.39 is 0 Å². The molecule has 0 aliphatic heterocycles. The number of hydrogen-bond donors (Lipinski definition) is 3. The molecule has 24 heavy (non-hydrogen) atoms. The summed E-state index contributed by atoms with van der Waals surface area (Å²) in [5.41, 5.74) is 7.06. The van der Waals surface area contributed by atoms with Crippen LogP contribution in [0.2, 0.25) is 0 Å². The molecule has 0 saturated heterocycles. The molecule has 1 amide bonds. The van der Waals surface area contributed by atoms with Crippen LogP contribution in [0.25, 0.3) is 11.4 Å². The summed E-state index contributed by atoms with van der Waals surface area (Å²) in [4.78, 5) is 16.0. The molecule has 8 heteroatoms. The summed E-state index contributed by atoms with van der Waals surface area (Å²) in [6.45, 7) is 3.14. The predicted octanol–water partition coefficient (Wildman–Crippen LogP) is 2.50. The zero-order valence-electron chi connectivity index (χ0n) is 13.7. The van der Waals surface area contributed by atoms with Crippen molar-refractivity contribution in [2.24, 2.45) is 5.73 Å². The van der Waals surface area contributed by atoms with Gasteiger partial charge in [-0.15, -0.1) is 12.4 Å². The average molecular weight is 354 g/mol. The molecular formula is C16H24ClN5O2. The van der Waals surface area contributed by atoms with E-state index in [-0.39, 0.29) is 24.9 Å². The molecule has 0 aliphatic carbocycles. The highest BCUT2D eigenvalue weighted by Crippen LogP contribution is 2.17. The van der Waals surface area contributed by atoms with E-state index in [9.17, 15) is 4.79 Å².